The summed E-state index contributed by atoms with van der Waals surface area (Å²) in [7, 11) is -3.86. The van der Waals surface area contributed by atoms with Gasteiger partial charge >= 0.3 is 0 Å². The molecule has 1 unspecified atom stereocenters. The molecule has 5 nitrogen and oxygen atoms in total. The molecule has 1 fully saturated rings. The molecule has 0 spiro atoms. The highest BCUT2D eigenvalue weighted by atomic mass is 79.9. The normalized spacial score (nSPS) is 19.2. The molecule has 0 aromatic heterocycles. The Morgan fingerprint density at radius 1 is 1.12 bits per heavy atom. The number of carbonyl (C=O) groups is 1. The lowest BCUT2D eigenvalue weighted by atomic mass is 10.2. The number of hydrogen-bond donors (Lipinski definition) is 0. The van der Waals surface area contributed by atoms with E-state index in [4.69, 9.17) is 0 Å². The van der Waals surface area contributed by atoms with Crippen LogP contribution in [0.25, 0.3) is 0 Å². The topological polar surface area (TPSA) is 57.7 Å². The Labute approximate surface area is 154 Å². The molecule has 0 radical (unpaired) electrons. The van der Waals surface area contributed by atoms with E-state index in [2.05, 4.69) is 15.9 Å². The number of sulfonamides is 1. The Morgan fingerprint density at radius 3 is 2.44 bits per heavy atom. The molecular formula is C17H16BrFN2O3S. The lowest BCUT2D eigenvalue weighted by Crippen LogP contribution is -2.57. The molecule has 1 amide bonds. The second-order valence-corrected chi connectivity index (χ2v) is 8.52. The van der Waals surface area contributed by atoms with E-state index in [0.717, 1.165) is 20.9 Å². The number of benzene rings is 2. The zero-order valence-corrected chi connectivity index (χ0v) is 15.8. The van der Waals surface area contributed by atoms with Gasteiger partial charge in [0.05, 0.1) is 4.90 Å². The van der Waals surface area contributed by atoms with Crippen LogP contribution in [0.15, 0.2) is 57.9 Å². The molecule has 1 atom stereocenters. The monoisotopic (exact) mass is 426 g/mol. The third-order valence-electron chi connectivity index (χ3n) is 4.14. The van der Waals surface area contributed by atoms with Gasteiger partial charge in [-0.25, -0.2) is 12.8 Å². The summed E-state index contributed by atoms with van der Waals surface area (Å²) in [6.45, 7) is 1.98. The summed E-state index contributed by atoms with van der Waals surface area (Å²) in [5.74, 6) is -0.808. The molecular weight excluding hydrogens is 411 g/mol. The average molecular weight is 427 g/mol. The Balaban J connectivity index is 1.87. The molecule has 0 saturated carbocycles. The van der Waals surface area contributed by atoms with E-state index in [1.807, 2.05) is 18.2 Å². The van der Waals surface area contributed by atoms with Crippen LogP contribution in [0.3, 0.4) is 0 Å². The third-order valence-corrected chi connectivity index (χ3v) is 6.62. The summed E-state index contributed by atoms with van der Waals surface area (Å²) in [4.78, 5) is 14.3. The van der Waals surface area contributed by atoms with Crippen LogP contribution in [0.2, 0.25) is 0 Å². The Morgan fingerprint density at radius 2 is 1.80 bits per heavy atom. The van der Waals surface area contributed by atoms with E-state index in [-0.39, 0.29) is 23.9 Å². The molecule has 8 heteroatoms. The molecule has 0 bridgehead atoms. The first-order chi connectivity index (χ1) is 11.8. The van der Waals surface area contributed by atoms with Crippen LogP contribution >= 0.6 is 15.9 Å². The van der Waals surface area contributed by atoms with Crippen molar-refractivity contribution in [2.75, 3.05) is 18.0 Å². The molecule has 2 aromatic rings. The minimum Gasteiger partial charge on any atom is -0.310 e. The van der Waals surface area contributed by atoms with Crippen LogP contribution < -0.4 is 4.90 Å². The van der Waals surface area contributed by atoms with E-state index in [1.54, 1.807) is 17.9 Å². The summed E-state index contributed by atoms with van der Waals surface area (Å²) in [6.07, 6.45) is 0. The lowest BCUT2D eigenvalue weighted by molar-refractivity contribution is -0.123. The van der Waals surface area contributed by atoms with Crippen LogP contribution in [0.4, 0.5) is 10.1 Å². The predicted molar refractivity (Wildman–Crippen MR) is 96.2 cm³/mol. The number of amides is 1. The average Bonchev–Trinajstić information content (AvgIpc) is 2.57. The SMILES string of the molecule is CC1C(=O)N(c2cccc(Br)c2)CCN1S(=O)(=O)c1ccc(F)cc1. The summed E-state index contributed by atoms with van der Waals surface area (Å²) < 4.78 is 40.6. The van der Waals surface area contributed by atoms with Crippen molar-refractivity contribution in [3.63, 3.8) is 0 Å². The fourth-order valence-corrected chi connectivity index (χ4v) is 4.79. The second-order valence-electron chi connectivity index (χ2n) is 5.72. The highest BCUT2D eigenvalue weighted by Gasteiger charge is 2.39. The highest BCUT2D eigenvalue weighted by molar-refractivity contribution is 9.10. The van der Waals surface area contributed by atoms with Gasteiger partial charge in [-0.3, -0.25) is 4.79 Å². The fraction of sp³-hybridized carbons (Fsp3) is 0.235. The summed E-state index contributed by atoms with van der Waals surface area (Å²) in [6, 6.07) is 11.1. The standard InChI is InChI=1S/C17H16BrFN2O3S/c1-12-17(22)20(15-4-2-3-13(18)11-15)9-10-21(12)25(23,24)16-7-5-14(19)6-8-16/h2-8,11-12H,9-10H2,1H3. The Bertz CT molecular complexity index is 902. The van der Waals surface area contributed by atoms with Crippen molar-refractivity contribution in [2.45, 2.75) is 17.9 Å². The first-order valence-electron chi connectivity index (χ1n) is 7.65. The molecule has 1 saturated heterocycles. The van der Waals surface area contributed by atoms with E-state index in [9.17, 15) is 17.6 Å². The fourth-order valence-electron chi connectivity index (χ4n) is 2.82. The van der Waals surface area contributed by atoms with Crippen LogP contribution in [0.1, 0.15) is 6.92 Å². The van der Waals surface area contributed by atoms with Gasteiger partial charge in [-0.15, -0.1) is 0 Å². The molecule has 1 aliphatic heterocycles. The smallest absolute Gasteiger partial charge is 0.245 e. The van der Waals surface area contributed by atoms with E-state index in [1.165, 1.54) is 12.1 Å². The zero-order valence-electron chi connectivity index (χ0n) is 13.4. The first kappa shape index (κ1) is 18.0. The van der Waals surface area contributed by atoms with Crippen molar-refractivity contribution < 1.29 is 17.6 Å². The number of anilines is 1. The van der Waals surface area contributed by atoms with Crippen molar-refractivity contribution in [1.29, 1.82) is 0 Å². The maximum Gasteiger partial charge on any atom is 0.245 e. The molecule has 1 aliphatic rings. The third kappa shape index (κ3) is 3.47. The number of halogens is 2. The highest BCUT2D eigenvalue weighted by Crippen LogP contribution is 2.27. The summed E-state index contributed by atoms with van der Waals surface area (Å²) in [5, 5.41) is 0. The minimum atomic E-state index is -3.86. The number of carbonyl (C=O) groups excluding carboxylic acids is 1. The van der Waals surface area contributed by atoms with Gasteiger partial charge in [0.25, 0.3) is 0 Å². The van der Waals surface area contributed by atoms with Gasteiger partial charge in [0.2, 0.25) is 15.9 Å². The largest absolute Gasteiger partial charge is 0.310 e. The predicted octanol–water partition coefficient (Wildman–Crippen LogP) is 3.01. The van der Waals surface area contributed by atoms with Gasteiger partial charge < -0.3 is 4.90 Å². The van der Waals surface area contributed by atoms with Gasteiger partial charge in [0.15, 0.2) is 0 Å². The first-order valence-corrected chi connectivity index (χ1v) is 9.88. The van der Waals surface area contributed by atoms with Crippen LogP contribution in [-0.4, -0.2) is 37.8 Å². The number of nitrogens with zero attached hydrogens (tertiary/aromatic N) is 2. The van der Waals surface area contributed by atoms with Gasteiger partial charge in [0, 0.05) is 23.2 Å². The molecule has 25 heavy (non-hydrogen) atoms. The zero-order chi connectivity index (χ0) is 18.2. The van der Waals surface area contributed by atoms with Gasteiger partial charge in [-0.05, 0) is 49.4 Å². The quantitative estimate of drug-likeness (QED) is 0.757. The Kier molecular flexibility index (Phi) is 4.95. The molecule has 1 heterocycles. The summed E-state index contributed by atoms with van der Waals surface area (Å²) in [5.41, 5.74) is 0.713. The van der Waals surface area contributed by atoms with E-state index < -0.39 is 21.9 Å². The van der Waals surface area contributed by atoms with Crippen LogP contribution in [0.5, 0.6) is 0 Å². The number of piperazine rings is 1. The lowest BCUT2D eigenvalue weighted by Gasteiger charge is -2.38. The van der Waals surface area contributed by atoms with Gasteiger partial charge in [-0.2, -0.15) is 4.31 Å². The van der Waals surface area contributed by atoms with E-state index in [0.29, 0.717) is 5.69 Å². The molecule has 0 aliphatic carbocycles. The van der Waals surface area contributed by atoms with Crippen molar-refractivity contribution in [3.8, 4) is 0 Å². The maximum atomic E-state index is 13.1. The molecule has 0 N–H and O–H groups in total. The van der Waals surface area contributed by atoms with Crippen LogP contribution in [-0.2, 0) is 14.8 Å². The second kappa shape index (κ2) is 6.86. The van der Waals surface area contributed by atoms with Gasteiger partial charge in [0.1, 0.15) is 11.9 Å². The molecule has 2 aromatic carbocycles. The minimum absolute atomic E-state index is 0.0237. The number of rotatable bonds is 3. The number of hydrogen-bond acceptors (Lipinski definition) is 3. The summed E-state index contributed by atoms with van der Waals surface area (Å²) >= 11 is 3.37. The van der Waals surface area contributed by atoms with Crippen molar-refractivity contribution in [1.82, 2.24) is 4.31 Å². The molecule has 3 rings (SSSR count). The van der Waals surface area contributed by atoms with Crippen molar-refractivity contribution in [2.24, 2.45) is 0 Å². The maximum absolute atomic E-state index is 13.1. The van der Waals surface area contributed by atoms with Crippen molar-refractivity contribution in [3.05, 3.63) is 58.8 Å². The van der Waals surface area contributed by atoms with Crippen molar-refractivity contribution >= 4 is 37.5 Å². The van der Waals surface area contributed by atoms with E-state index >= 15 is 0 Å². The Hall–Kier alpha value is -1.77. The van der Waals surface area contributed by atoms with Gasteiger partial charge in [-0.1, -0.05) is 22.0 Å². The molecule has 132 valence electrons. The van der Waals surface area contributed by atoms with Crippen LogP contribution in [0, 0.1) is 5.82 Å².